The number of sulfonamides is 1. The highest BCUT2D eigenvalue weighted by Crippen LogP contribution is 2.40. The second-order valence-corrected chi connectivity index (χ2v) is 12.9. The summed E-state index contributed by atoms with van der Waals surface area (Å²) in [4.78, 5) is 31.3. The van der Waals surface area contributed by atoms with Gasteiger partial charge in [-0.05, 0) is 54.7 Å². The van der Waals surface area contributed by atoms with Crippen molar-refractivity contribution in [2.75, 3.05) is 22.5 Å². The number of ether oxygens (including phenoxy) is 1. The highest BCUT2D eigenvalue weighted by Gasteiger charge is 2.51. The van der Waals surface area contributed by atoms with E-state index in [-0.39, 0.29) is 24.4 Å². The summed E-state index contributed by atoms with van der Waals surface area (Å²) in [6.45, 7) is 4.93. The summed E-state index contributed by atoms with van der Waals surface area (Å²) in [5, 5.41) is 0. The van der Waals surface area contributed by atoms with Gasteiger partial charge in [0.1, 0.15) is 12.1 Å². The monoisotopic (exact) mass is 591 g/mol. The van der Waals surface area contributed by atoms with Gasteiger partial charge in [0.2, 0.25) is 15.9 Å². The maximum atomic E-state index is 14.4. The van der Waals surface area contributed by atoms with E-state index in [9.17, 15) is 18.0 Å². The Hall–Kier alpha value is -3.85. The van der Waals surface area contributed by atoms with Gasteiger partial charge >= 0.3 is 5.97 Å². The van der Waals surface area contributed by atoms with Gasteiger partial charge in [-0.2, -0.15) is 0 Å². The molecular weight excluding hydrogens is 550 g/mol. The standard InChI is InChI=1S/C33H41N3O5S/c1-4-5-20-33(21-19-26(2)31(37)41-24-27-13-8-6-9-14-27)32(38)35(25-36(33)30-17-10-7-11-18-30)23-28-15-12-16-29(22-28)34-42(3,39)40/h6-18,22,26,34H,4-5,19-21,23-25H2,1-3H3. The first-order chi connectivity index (χ1) is 20.1. The van der Waals surface area contributed by atoms with Crippen LogP contribution in [0.5, 0.6) is 0 Å². The molecule has 0 spiro atoms. The van der Waals surface area contributed by atoms with Crippen LogP contribution in [-0.4, -0.2) is 43.7 Å². The Morgan fingerprint density at radius 1 is 0.976 bits per heavy atom. The zero-order chi connectivity index (χ0) is 30.2. The number of benzene rings is 3. The predicted octanol–water partition coefficient (Wildman–Crippen LogP) is 5.95. The van der Waals surface area contributed by atoms with Crippen molar-refractivity contribution < 1.29 is 22.7 Å². The van der Waals surface area contributed by atoms with E-state index in [4.69, 9.17) is 4.74 Å². The van der Waals surface area contributed by atoms with Crippen molar-refractivity contribution in [1.82, 2.24) is 4.90 Å². The Morgan fingerprint density at radius 3 is 2.31 bits per heavy atom. The van der Waals surface area contributed by atoms with E-state index < -0.39 is 15.6 Å². The molecule has 3 aromatic rings. The van der Waals surface area contributed by atoms with E-state index in [1.165, 1.54) is 0 Å². The van der Waals surface area contributed by atoms with Gasteiger partial charge in [-0.1, -0.05) is 87.4 Å². The number of esters is 1. The van der Waals surface area contributed by atoms with Crippen LogP contribution in [0, 0.1) is 5.92 Å². The number of hydrogen-bond donors (Lipinski definition) is 1. The summed E-state index contributed by atoms with van der Waals surface area (Å²) in [5.41, 5.74) is 2.37. The zero-order valence-electron chi connectivity index (χ0n) is 24.7. The molecule has 0 radical (unpaired) electrons. The van der Waals surface area contributed by atoms with Crippen molar-refractivity contribution in [3.05, 3.63) is 96.1 Å². The van der Waals surface area contributed by atoms with Crippen molar-refractivity contribution in [2.24, 2.45) is 5.92 Å². The number of para-hydroxylation sites is 1. The van der Waals surface area contributed by atoms with Gasteiger partial charge in [0.05, 0.1) is 18.8 Å². The lowest BCUT2D eigenvalue weighted by Crippen LogP contribution is -2.50. The number of anilines is 2. The van der Waals surface area contributed by atoms with Crippen molar-refractivity contribution in [1.29, 1.82) is 0 Å². The molecule has 8 nitrogen and oxygen atoms in total. The number of nitrogens with one attached hydrogen (secondary N) is 1. The Morgan fingerprint density at radius 2 is 1.64 bits per heavy atom. The normalized spacial score (nSPS) is 17.7. The molecule has 1 fully saturated rings. The Labute approximate surface area is 249 Å². The molecule has 2 unspecified atom stereocenters. The topological polar surface area (TPSA) is 96.0 Å². The van der Waals surface area contributed by atoms with Gasteiger partial charge in [-0.25, -0.2) is 8.42 Å². The average Bonchev–Trinajstić information content (AvgIpc) is 3.24. The lowest BCUT2D eigenvalue weighted by atomic mass is 9.83. The highest BCUT2D eigenvalue weighted by atomic mass is 32.2. The molecule has 224 valence electrons. The zero-order valence-corrected chi connectivity index (χ0v) is 25.5. The summed E-state index contributed by atoms with van der Waals surface area (Å²) in [5.74, 6) is -0.621. The predicted molar refractivity (Wildman–Crippen MR) is 166 cm³/mol. The Balaban J connectivity index is 1.56. The van der Waals surface area contributed by atoms with Gasteiger partial charge in [0.15, 0.2) is 0 Å². The Bertz CT molecular complexity index is 1450. The lowest BCUT2D eigenvalue weighted by Gasteiger charge is -2.37. The van der Waals surface area contributed by atoms with E-state index in [2.05, 4.69) is 16.5 Å². The molecule has 1 amide bonds. The molecule has 1 N–H and O–H groups in total. The number of amides is 1. The van der Waals surface area contributed by atoms with Crippen LogP contribution in [0.1, 0.15) is 57.1 Å². The second-order valence-electron chi connectivity index (χ2n) is 11.2. The molecule has 2 atom stereocenters. The fourth-order valence-corrected chi connectivity index (χ4v) is 6.08. The molecular formula is C33H41N3O5S. The number of carbonyl (C=O) groups is 2. The van der Waals surface area contributed by atoms with E-state index in [1.54, 1.807) is 18.2 Å². The van der Waals surface area contributed by atoms with Crippen LogP contribution in [0.4, 0.5) is 11.4 Å². The van der Waals surface area contributed by atoms with Crippen molar-refractivity contribution in [2.45, 2.75) is 64.6 Å². The minimum atomic E-state index is -3.42. The summed E-state index contributed by atoms with van der Waals surface area (Å²) in [6.07, 6.45) is 4.59. The summed E-state index contributed by atoms with van der Waals surface area (Å²) in [6, 6.07) is 26.7. The van der Waals surface area contributed by atoms with Gasteiger partial charge in [-0.15, -0.1) is 0 Å². The smallest absolute Gasteiger partial charge is 0.308 e. The van der Waals surface area contributed by atoms with Crippen LogP contribution >= 0.6 is 0 Å². The first-order valence-electron chi connectivity index (χ1n) is 14.5. The van der Waals surface area contributed by atoms with Crippen LogP contribution in [-0.2, 0) is 37.5 Å². The van der Waals surface area contributed by atoms with Crippen molar-refractivity contribution in [3.63, 3.8) is 0 Å². The molecule has 1 heterocycles. The summed E-state index contributed by atoms with van der Waals surface area (Å²) < 4.78 is 31.7. The van der Waals surface area contributed by atoms with Crippen LogP contribution < -0.4 is 9.62 Å². The third-order valence-electron chi connectivity index (χ3n) is 7.75. The maximum Gasteiger partial charge on any atom is 0.308 e. The minimum Gasteiger partial charge on any atom is -0.461 e. The molecule has 42 heavy (non-hydrogen) atoms. The fourth-order valence-electron chi connectivity index (χ4n) is 5.53. The van der Waals surface area contributed by atoms with Crippen LogP contribution in [0.25, 0.3) is 0 Å². The summed E-state index contributed by atoms with van der Waals surface area (Å²) >= 11 is 0. The average molecular weight is 592 g/mol. The minimum absolute atomic E-state index is 0.0196. The highest BCUT2D eigenvalue weighted by molar-refractivity contribution is 7.92. The van der Waals surface area contributed by atoms with E-state index in [0.717, 1.165) is 35.9 Å². The van der Waals surface area contributed by atoms with Gasteiger partial charge in [-0.3, -0.25) is 14.3 Å². The van der Waals surface area contributed by atoms with E-state index in [1.807, 2.05) is 78.6 Å². The van der Waals surface area contributed by atoms with Crippen LogP contribution in [0.15, 0.2) is 84.9 Å². The lowest BCUT2D eigenvalue weighted by molar-refractivity contribution is -0.150. The van der Waals surface area contributed by atoms with Crippen LogP contribution in [0.2, 0.25) is 0 Å². The number of hydrogen-bond acceptors (Lipinski definition) is 6. The molecule has 0 bridgehead atoms. The molecule has 3 aromatic carbocycles. The first-order valence-corrected chi connectivity index (χ1v) is 16.4. The number of unbranched alkanes of at least 4 members (excludes halogenated alkanes) is 1. The molecule has 1 saturated heterocycles. The van der Waals surface area contributed by atoms with Gasteiger partial charge in [0, 0.05) is 17.9 Å². The first kappa shape index (κ1) is 31.1. The molecule has 4 rings (SSSR count). The van der Waals surface area contributed by atoms with Gasteiger partial charge in [0.25, 0.3) is 0 Å². The number of nitrogens with zero attached hydrogens (tertiary/aromatic N) is 2. The molecule has 1 aliphatic rings. The number of carbonyl (C=O) groups excluding carboxylic acids is 2. The largest absolute Gasteiger partial charge is 0.461 e. The summed E-state index contributed by atoms with van der Waals surface area (Å²) in [7, 11) is -3.42. The fraction of sp³-hybridized carbons (Fsp3) is 0.394. The van der Waals surface area contributed by atoms with E-state index >= 15 is 0 Å². The third-order valence-corrected chi connectivity index (χ3v) is 8.35. The van der Waals surface area contributed by atoms with Crippen molar-refractivity contribution in [3.8, 4) is 0 Å². The number of rotatable bonds is 14. The SMILES string of the molecule is CCCCC1(CCC(C)C(=O)OCc2ccccc2)C(=O)N(Cc2cccc(NS(C)(=O)=O)c2)CN1c1ccccc1. The molecule has 0 saturated carbocycles. The second kappa shape index (κ2) is 13.9. The van der Waals surface area contributed by atoms with Gasteiger partial charge < -0.3 is 14.5 Å². The molecule has 1 aliphatic heterocycles. The maximum absolute atomic E-state index is 14.4. The van der Waals surface area contributed by atoms with Crippen molar-refractivity contribution >= 4 is 33.3 Å². The Kier molecular flexibility index (Phi) is 10.3. The quantitative estimate of drug-likeness (QED) is 0.233. The van der Waals surface area contributed by atoms with E-state index in [0.29, 0.717) is 38.2 Å². The molecule has 9 heteroatoms. The van der Waals surface area contributed by atoms with Crippen LogP contribution in [0.3, 0.4) is 0 Å². The molecule has 0 aliphatic carbocycles. The molecule has 0 aromatic heterocycles. The third kappa shape index (κ3) is 7.91.